The predicted molar refractivity (Wildman–Crippen MR) is 87.8 cm³/mol. The van der Waals surface area contributed by atoms with Crippen molar-refractivity contribution in [3.8, 4) is 0 Å². The third kappa shape index (κ3) is 3.76. The molecule has 2 aromatic heterocycles. The standard InChI is InChI=1S/C17H25N5O/c1-11-12(2)21-16(13(3)20-11)9-18-15-7-14(8-17(15)23)10-22-6-4-5-19-22/h4-6,14-15,17-18,23H,7-10H2,1-3H3/t14?,15-,17-/m1/s1. The highest BCUT2D eigenvalue weighted by atomic mass is 16.3. The summed E-state index contributed by atoms with van der Waals surface area (Å²) in [4.78, 5) is 9.14. The quantitative estimate of drug-likeness (QED) is 0.875. The summed E-state index contributed by atoms with van der Waals surface area (Å²) in [5, 5.41) is 18.0. The number of hydrogen-bond donors (Lipinski definition) is 2. The van der Waals surface area contributed by atoms with Crippen molar-refractivity contribution in [2.75, 3.05) is 0 Å². The first-order valence-electron chi connectivity index (χ1n) is 8.22. The fourth-order valence-electron chi connectivity index (χ4n) is 3.32. The van der Waals surface area contributed by atoms with Gasteiger partial charge < -0.3 is 10.4 Å². The average Bonchev–Trinajstić information content (AvgIpc) is 3.12. The lowest BCUT2D eigenvalue weighted by Crippen LogP contribution is -2.35. The van der Waals surface area contributed by atoms with Crippen LogP contribution in [0.3, 0.4) is 0 Å². The summed E-state index contributed by atoms with van der Waals surface area (Å²) in [6.07, 6.45) is 5.23. The van der Waals surface area contributed by atoms with Crippen LogP contribution in [-0.4, -0.2) is 37.0 Å². The van der Waals surface area contributed by atoms with Crippen LogP contribution in [0.2, 0.25) is 0 Å². The normalized spacial score (nSPS) is 24.3. The number of aliphatic hydroxyl groups excluding tert-OH is 1. The Morgan fingerprint density at radius 3 is 2.70 bits per heavy atom. The van der Waals surface area contributed by atoms with Gasteiger partial charge >= 0.3 is 0 Å². The van der Waals surface area contributed by atoms with Crippen molar-refractivity contribution < 1.29 is 5.11 Å². The molecule has 0 saturated heterocycles. The highest BCUT2D eigenvalue weighted by Crippen LogP contribution is 2.27. The van der Waals surface area contributed by atoms with E-state index in [0.717, 1.165) is 42.2 Å². The molecule has 2 heterocycles. The molecule has 1 aliphatic rings. The molecule has 2 aromatic rings. The van der Waals surface area contributed by atoms with Crippen LogP contribution in [0.5, 0.6) is 0 Å². The van der Waals surface area contributed by atoms with E-state index in [1.807, 2.05) is 37.7 Å². The van der Waals surface area contributed by atoms with Gasteiger partial charge in [-0.05, 0) is 45.6 Å². The van der Waals surface area contributed by atoms with Gasteiger partial charge in [-0.2, -0.15) is 5.10 Å². The summed E-state index contributed by atoms with van der Waals surface area (Å²) in [6.45, 7) is 7.46. The number of hydrogen-bond acceptors (Lipinski definition) is 5. The molecule has 3 rings (SSSR count). The Bertz CT molecular complexity index is 655. The minimum atomic E-state index is -0.310. The van der Waals surface area contributed by atoms with Gasteiger partial charge in [0.2, 0.25) is 0 Å². The molecule has 0 amide bonds. The van der Waals surface area contributed by atoms with Crippen LogP contribution in [0, 0.1) is 26.7 Å². The average molecular weight is 315 g/mol. The maximum Gasteiger partial charge on any atom is 0.0757 e. The van der Waals surface area contributed by atoms with Crippen molar-refractivity contribution in [2.24, 2.45) is 5.92 Å². The fraction of sp³-hybridized carbons (Fsp3) is 0.588. The largest absolute Gasteiger partial charge is 0.391 e. The lowest BCUT2D eigenvalue weighted by atomic mass is 10.1. The molecule has 124 valence electrons. The van der Waals surface area contributed by atoms with Crippen LogP contribution in [-0.2, 0) is 13.1 Å². The van der Waals surface area contributed by atoms with Gasteiger partial charge in [-0.25, -0.2) is 0 Å². The molecule has 1 aliphatic carbocycles. The first-order valence-corrected chi connectivity index (χ1v) is 8.22. The molecular weight excluding hydrogens is 290 g/mol. The fourth-order valence-corrected chi connectivity index (χ4v) is 3.32. The van der Waals surface area contributed by atoms with E-state index in [2.05, 4.69) is 20.4 Å². The van der Waals surface area contributed by atoms with Crippen molar-refractivity contribution in [3.63, 3.8) is 0 Å². The van der Waals surface area contributed by atoms with Crippen LogP contribution in [0.4, 0.5) is 0 Å². The molecule has 0 aliphatic heterocycles. The Morgan fingerprint density at radius 1 is 1.17 bits per heavy atom. The molecule has 1 fully saturated rings. The van der Waals surface area contributed by atoms with Crippen molar-refractivity contribution >= 4 is 0 Å². The van der Waals surface area contributed by atoms with Crippen LogP contribution in [0.15, 0.2) is 18.5 Å². The molecule has 2 N–H and O–H groups in total. The minimum Gasteiger partial charge on any atom is -0.391 e. The maximum atomic E-state index is 10.3. The Hall–Kier alpha value is -1.79. The van der Waals surface area contributed by atoms with E-state index < -0.39 is 0 Å². The predicted octanol–water partition coefficient (Wildman–Crippen LogP) is 1.53. The molecule has 1 saturated carbocycles. The molecule has 0 spiro atoms. The van der Waals surface area contributed by atoms with Gasteiger partial charge in [0, 0.05) is 31.5 Å². The van der Waals surface area contributed by atoms with E-state index in [9.17, 15) is 5.11 Å². The van der Waals surface area contributed by atoms with Crippen LogP contribution in [0.1, 0.15) is 35.6 Å². The second kappa shape index (κ2) is 6.76. The summed E-state index contributed by atoms with van der Waals surface area (Å²) >= 11 is 0. The summed E-state index contributed by atoms with van der Waals surface area (Å²) < 4.78 is 1.94. The summed E-state index contributed by atoms with van der Waals surface area (Å²) in [7, 11) is 0. The summed E-state index contributed by atoms with van der Waals surface area (Å²) in [5.74, 6) is 0.453. The molecule has 0 bridgehead atoms. The number of rotatable bonds is 5. The zero-order valence-electron chi connectivity index (χ0n) is 14.0. The van der Waals surface area contributed by atoms with Gasteiger partial charge in [0.25, 0.3) is 0 Å². The summed E-state index contributed by atoms with van der Waals surface area (Å²) in [6, 6.07) is 2.04. The molecule has 6 nitrogen and oxygen atoms in total. The summed E-state index contributed by atoms with van der Waals surface area (Å²) in [5.41, 5.74) is 3.87. The smallest absolute Gasteiger partial charge is 0.0757 e. The van der Waals surface area contributed by atoms with Gasteiger partial charge in [0.05, 0.1) is 28.9 Å². The highest BCUT2D eigenvalue weighted by molar-refractivity contribution is 5.17. The highest BCUT2D eigenvalue weighted by Gasteiger charge is 2.32. The molecule has 6 heteroatoms. The van der Waals surface area contributed by atoms with E-state index in [0.29, 0.717) is 12.5 Å². The van der Waals surface area contributed by atoms with Crippen molar-refractivity contribution in [3.05, 3.63) is 41.2 Å². The SMILES string of the molecule is Cc1nc(C)c(CN[C@@H]2CC(Cn3cccn3)C[C@H]2O)nc1C. The van der Waals surface area contributed by atoms with Gasteiger partial charge in [0.15, 0.2) is 0 Å². The third-order valence-corrected chi connectivity index (χ3v) is 4.74. The topological polar surface area (TPSA) is 75.9 Å². The van der Waals surface area contributed by atoms with Gasteiger partial charge in [-0.1, -0.05) is 0 Å². The van der Waals surface area contributed by atoms with Gasteiger partial charge in [-0.3, -0.25) is 14.6 Å². The Balaban J connectivity index is 1.57. The van der Waals surface area contributed by atoms with Crippen LogP contribution >= 0.6 is 0 Å². The van der Waals surface area contributed by atoms with Crippen molar-refractivity contribution in [1.82, 2.24) is 25.1 Å². The zero-order chi connectivity index (χ0) is 16.4. The van der Waals surface area contributed by atoms with E-state index in [-0.39, 0.29) is 12.1 Å². The zero-order valence-corrected chi connectivity index (χ0v) is 14.0. The Kier molecular flexibility index (Phi) is 4.73. The first-order chi connectivity index (χ1) is 11.0. The van der Waals surface area contributed by atoms with E-state index >= 15 is 0 Å². The molecule has 1 unspecified atom stereocenters. The molecule has 23 heavy (non-hydrogen) atoms. The first kappa shape index (κ1) is 16.1. The second-order valence-corrected chi connectivity index (χ2v) is 6.55. The van der Waals surface area contributed by atoms with Gasteiger partial charge in [0.1, 0.15) is 0 Å². The van der Waals surface area contributed by atoms with Crippen LogP contribution in [0.25, 0.3) is 0 Å². The lowest BCUT2D eigenvalue weighted by Gasteiger charge is -2.17. The number of aryl methyl sites for hydroxylation is 3. The maximum absolute atomic E-state index is 10.3. The van der Waals surface area contributed by atoms with E-state index in [4.69, 9.17) is 0 Å². The molecular formula is C17H25N5O. The number of nitrogens with zero attached hydrogens (tertiary/aromatic N) is 4. The molecule has 0 aromatic carbocycles. The van der Waals surface area contributed by atoms with Crippen molar-refractivity contribution in [2.45, 2.75) is 58.8 Å². The molecule has 3 atom stereocenters. The number of aromatic nitrogens is 4. The van der Waals surface area contributed by atoms with Gasteiger partial charge in [-0.15, -0.1) is 0 Å². The third-order valence-electron chi connectivity index (χ3n) is 4.74. The van der Waals surface area contributed by atoms with Crippen LogP contribution < -0.4 is 5.32 Å². The molecule has 0 radical (unpaired) electrons. The monoisotopic (exact) mass is 315 g/mol. The lowest BCUT2D eigenvalue weighted by molar-refractivity contribution is 0.145. The minimum absolute atomic E-state index is 0.110. The Labute approximate surface area is 137 Å². The van der Waals surface area contributed by atoms with E-state index in [1.54, 1.807) is 6.20 Å². The van der Waals surface area contributed by atoms with Crippen molar-refractivity contribution in [1.29, 1.82) is 0 Å². The number of nitrogens with one attached hydrogen (secondary N) is 1. The number of aliphatic hydroxyl groups is 1. The second-order valence-electron chi connectivity index (χ2n) is 6.55. The van der Waals surface area contributed by atoms with E-state index in [1.165, 1.54) is 0 Å². The Morgan fingerprint density at radius 2 is 1.96 bits per heavy atom.